The molecule has 0 aliphatic carbocycles. The van der Waals surface area contributed by atoms with Crippen LogP contribution in [0.25, 0.3) is 0 Å². The van der Waals surface area contributed by atoms with Crippen molar-refractivity contribution >= 4 is 5.82 Å². The maximum atomic E-state index is 9.36. The molecule has 1 aromatic heterocycles. The monoisotopic (exact) mass is 182 g/mol. The normalized spacial score (nSPS) is 11.3. The van der Waals surface area contributed by atoms with Crippen LogP contribution in [0.15, 0.2) is 18.3 Å². The number of aromatic nitrogens is 1. The molecule has 3 N–H and O–H groups in total. The minimum absolute atomic E-state index is 0.235. The number of hydrogen-bond donors (Lipinski definition) is 2. The van der Waals surface area contributed by atoms with E-state index in [1.54, 1.807) is 26.0 Å². The Morgan fingerprint density at radius 1 is 1.54 bits per heavy atom. The van der Waals surface area contributed by atoms with Crippen molar-refractivity contribution in [2.45, 2.75) is 19.4 Å². The van der Waals surface area contributed by atoms with Gasteiger partial charge in [0.05, 0.1) is 11.8 Å². The Morgan fingerprint density at radius 3 is 2.69 bits per heavy atom. The first-order chi connectivity index (χ1) is 5.97. The molecule has 0 unspecified atom stereocenters. The summed E-state index contributed by atoms with van der Waals surface area (Å²) in [4.78, 5) is 3.85. The van der Waals surface area contributed by atoms with Crippen LogP contribution in [0.5, 0.6) is 5.75 Å². The second-order valence-corrected chi connectivity index (χ2v) is 3.52. The standard InChI is InChI=1S/C9H14N2O2/c1-9(2,12)6-13-7-3-4-8(10)11-5-7/h3-5,12H,6H2,1-2H3,(H2,10,11). The summed E-state index contributed by atoms with van der Waals surface area (Å²) in [5.41, 5.74) is 4.56. The van der Waals surface area contributed by atoms with Gasteiger partial charge < -0.3 is 15.6 Å². The van der Waals surface area contributed by atoms with Gasteiger partial charge in [0.1, 0.15) is 18.2 Å². The summed E-state index contributed by atoms with van der Waals surface area (Å²) >= 11 is 0. The highest BCUT2D eigenvalue weighted by Gasteiger charge is 2.13. The summed E-state index contributed by atoms with van der Waals surface area (Å²) in [6.07, 6.45) is 1.53. The fourth-order valence-electron chi connectivity index (χ4n) is 0.737. The van der Waals surface area contributed by atoms with E-state index in [0.29, 0.717) is 11.6 Å². The first-order valence-electron chi connectivity index (χ1n) is 4.04. The maximum Gasteiger partial charge on any atom is 0.137 e. The van der Waals surface area contributed by atoms with Crippen LogP contribution in [0.2, 0.25) is 0 Å². The van der Waals surface area contributed by atoms with Crippen LogP contribution < -0.4 is 10.5 Å². The number of aliphatic hydroxyl groups is 1. The molecule has 0 aliphatic heterocycles. The van der Waals surface area contributed by atoms with Crippen molar-refractivity contribution in [2.24, 2.45) is 0 Å². The minimum Gasteiger partial charge on any atom is -0.489 e. The summed E-state index contributed by atoms with van der Waals surface area (Å²) in [6.45, 7) is 3.59. The molecule has 4 nitrogen and oxygen atoms in total. The molecule has 0 radical (unpaired) electrons. The summed E-state index contributed by atoms with van der Waals surface area (Å²) in [5, 5.41) is 9.36. The lowest BCUT2D eigenvalue weighted by Crippen LogP contribution is -2.27. The fourth-order valence-corrected chi connectivity index (χ4v) is 0.737. The van der Waals surface area contributed by atoms with Crippen LogP contribution in [0.3, 0.4) is 0 Å². The van der Waals surface area contributed by atoms with Gasteiger partial charge >= 0.3 is 0 Å². The number of pyridine rings is 1. The molecule has 0 amide bonds. The first kappa shape index (κ1) is 9.80. The van der Waals surface area contributed by atoms with Crippen molar-refractivity contribution in [1.29, 1.82) is 0 Å². The van der Waals surface area contributed by atoms with Crippen molar-refractivity contribution < 1.29 is 9.84 Å². The predicted octanol–water partition coefficient (Wildman–Crippen LogP) is 0.813. The zero-order valence-corrected chi connectivity index (χ0v) is 7.82. The quantitative estimate of drug-likeness (QED) is 0.726. The van der Waals surface area contributed by atoms with Gasteiger partial charge in [0.25, 0.3) is 0 Å². The second kappa shape index (κ2) is 3.62. The molecule has 0 saturated heterocycles. The Morgan fingerprint density at radius 2 is 2.23 bits per heavy atom. The Balaban J connectivity index is 2.51. The molecule has 13 heavy (non-hydrogen) atoms. The van der Waals surface area contributed by atoms with Gasteiger partial charge in [-0.2, -0.15) is 0 Å². The highest BCUT2D eigenvalue weighted by molar-refractivity contribution is 5.32. The Bertz CT molecular complexity index is 264. The first-order valence-corrected chi connectivity index (χ1v) is 4.04. The number of rotatable bonds is 3. The topological polar surface area (TPSA) is 68.4 Å². The van der Waals surface area contributed by atoms with Gasteiger partial charge in [-0.05, 0) is 26.0 Å². The highest BCUT2D eigenvalue weighted by atomic mass is 16.5. The van der Waals surface area contributed by atoms with Crippen LogP contribution in [0.1, 0.15) is 13.8 Å². The van der Waals surface area contributed by atoms with E-state index in [1.807, 2.05) is 0 Å². The lowest BCUT2D eigenvalue weighted by Gasteiger charge is -2.17. The molecule has 0 saturated carbocycles. The molecule has 0 spiro atoms. The van der Waals surface area contributed by atoms with Crippen molar-refractivity contribution in [3.05, 3.63) is 18.3 Å². The van der Waals surface area contributed by atoms with Crippen LogP contribution in [-0.2, 0) is 0 Å². The number of hydrogen-bond acceptors (Lipinski definition) is 4. The average molecular weight is 182 g/mol. The molecule has 4 heteroatoms. The van der Waals surface area contributed by atoms with Gasteiger partial charge in [0.15, 0.2) is 0 Å². The zero-order chi connectivity index (χ0) is 9.90. The van der Waals surface area contributed by atoms with E-state index in [1.165, 1.54) is 6.20 Å². The predicted molar refractivity (Wildman–Crippen MR) is 50.4 cm³/mol. The fraction of sp³-hybridized carbons (Fsp3) is 0.444. The van der Waals surface area contributed by atoms with Crippen molar-refractivity contribution in [3.8, 4) is 5.75 Å². The van der Waals surface area contributed by atoms with E-state index in [4.69, 9.17) is 10.5 Å². The van der Waals surface area contributed by atoms with Gasteiger partial charge in [-0.15, -0.1) is 0 Å². The largest absolute Gasteiger partial charge is 0.489 e. The van der Waals surface area contributed by atoms with Crippen LogP contribution >= 0.6 is 0 Å². The van der Waals surface area contributed by atoms with E-state index in [2.05, 4.69) is 4.98 Å². The Labute approximate surface area is 77.4 Å². The van der Waals surface area contributed by atoms with E-state index < -0.39 is 5.60 Å². The Kier molecular flexibility index (Phi) is 2.72. The van der Waals surface area contributed by atoms with E-state index in [-0.39, 0.29) is 6.61 Å². The number of nitrogens with zero attached hydrogens (tertiary/aromatic N) is 1. The molecule has 0 fully saturated rings. The minimum atomic E-state index is -0.832. The third-order valence-corrected chi connectivity index (χ3v) is 1.35. The molecule has 1 heterocycles. The molecule has 0 atom stereocenters. The summed E-state index contributed by atoms with van der Waals surface area (Å²) in [7, 11) is 0. The van der Waals surface area contributed by atoms with Gasteiger partial charge in [-0.25, -0.2) is 4.98 Å². The number of nitrogen functional groups attached to an aromatic ring is 1. The molecular weight excluding hydrogens is 168 g/mol. The zero-order valence-electron chi connectivity index (χ0n) is 7.82. The lowest BCUT2D eigenvalue weighted by molar-refractivity contribution is 0.0284. The highest BCUT2D eigenvalue weighted by Crippen LogP contribution is 2.12. The number of nitrogens with two attached hydrogens (primary N) is 1. The average Bonchev–Trinajstić information content (AvgIpc) is 2.02. The van der Waals surface area contributed by atoms with Gasteiger partial charge in [0, 0.05) is 0 Å². The van der Waals surface area contributed by atoms with Gasteiger partial charge in [-0.3, -0.25) is 0 Å². The van der Waals surface area contributed by atoms with Gasteiger partial charge in [-0.1, -0.05) is 0 Å². The van der Waals surface area contributed by atoms with E-state index >= 15 is 0 Å². The molecule has 0 bridgehead atoms. The molecular formula is C9H14N2O2. The van der Waals surface area contributed by atoms with Gasteiger partial charge in [0.2, 0.25) is 0 Å². The van der Waals surface area contributed by atoms with E-state index in [0.717, 1.165) is 0 Å². The van der Waals surface area contributed by atoms with Crippen molar-refractivity contribution in [2.75, 3.05) is 12.3 Å². The summed E-state index contributed by atoms with van der Waals surface area (Å²) in [6, 6.07) is 3.37. The lowest BCUT2D eigenvalue weighted by atomic mass is 10.2. The van der Waals surface area contributed by atoms with Crippen molar-refractivity contribution in [1.82, 2.24) is 4.98 Å². The summed E-state index contributed by atoms with van der Waals surface area (Å²) < 4.78 is 5.26. The molecule has 0 aromatic carbocycles. The maximum absolute atomic E-state index is 9.36. The van der Waals surface area contributed by atoms with Crippen molar-refractivity contribution in [3.63, 3.8) is 0 Å². The third kappa shape index (κ3) is 3.75. The Hall–Kier alpha value is -1.29. The number of ether oxygens (including phenoxy) is 1. The molecule has 72 valence electrons. The SMILES string of the molecule is CC(C)(O)COc1ccc(N)nc1. The molecule has 1 aromatic rings. The second-order valence-electron chi connectivity index (χ2n) is 3.52. The smallest absolute Gasteiger partial charge is 0.137 e. The molecule has 1 rings (SSSR count). The molecule has 0 aliphatic rings. The van der Waals surface area contributed by atoms with Crippen LogP contribution in [-0.4, -0.2) is 22.3 Å². The number of anilines is 1. The van der Waals surface area contributed by atoms with E-state index in [9.17, 15) is 5.11 Å². The van der Waals surface area contributed by atoms with Crippen LogP contribution in [0, 0.1) is 0 Å². The summed E-state index contributed by atoms with van der Waals surface area (Å²) in [5.74, 6) is 1.06. The third-order valence-electron chi connectivity index (χ3n) is 1.35. The van der Waals surface area contributed by atoms with Crippen LogP contribution in [0.4, 0.5) is 5.82 Å².